The maximum Gasteiger partial charge on any atom is 0.254 e. The van der Waals surface area contributed by atoms with E-state index >= 15 is 0 Å². The monoisotopic (exact) mass is 386 g/mol. The Morgan fingerprint density at radius 3 is 2.48 bits per heavy atom. The molecule has 1 atom stereocenters. The van der Waals surface area contributed by atoms with Gasteiger partial charge in [-0.2, -0.15) is 0 Å². The van der Waals surface area contributed by atoms with Crippen molar-refractivity contribution in [2.45, 2.75) is 19.9 Å². The molecule has 1 N–H and O–H groups in total. The Kier molecular flexibility index (Phi) is 5.46. The molecule has 0 saturated heterocycles. The van der Waals surface area contributed by atoms with Crippen molar-refractivity contribution in [1.82, 2.24) is 5.32 Å². The number of para-hydroxylation sites is 1. The van der Waals surface area contributed by atoms with Crippen LogP contribution >= 0.6 is 11.6 Å². The molecule has 0 aliphatic carbocycles. The van der Waals surface area contributed by atoms with Crippen molar-refractivity contribution in [2.24, 2.45) is 0 Å². The zero-order valence-electron chi connectivity index (χ0n) is 15.0. The minimum absolute atomic E-state index is 0.0144. The van der Waals surface area contributed by atoms with E-state index in [1.807, 2.05) is 0 Å². The SMILES string of the molecule is CC(=O)N[C@@H]1C(=O)N(CCOc2ccc(C(C)=O)cc2)c2c(Cl)cccc21. The second-order valence-corrected chi connectivity index (χ2v) is 6.64. The lowest BCUT2D eigenvalue weighted by Crippen LogP contribution is -2.38. The number of fused-ring (bicyclic) bond motifs is 1. The minimum Gasteiger partial charge on any atom is -0.492 e. The molecule has 2 aromatic carbocycles. The molecule has 1 aliphatic rings. The van der Waals surface area contributed by atoms with E-state index in [1.54, 1.807) is 42.5 Å². The predicted molar refractivity (Wildman–Crippen MR) is 102 cm³/mol. The van der Waals surface area contributed by atoms with Crippen LogP contribution in [-0.4, -0.2) is 30.7 Å². The van der Waals surface area contributed by atoms with Crippen molar-refractivity contribution >= 4 is 34.9 Å². The van der Waals surface area contributed by atoms with E-state index in [-0.39, 0.29) is 30.7 Å². The normalized spacial score (nSPS) is 15.4. The first-order chi connectivity index (χ1) is 12.9. The van der Waals surface area contributed by atoms with Crippen molar-refractivity contribution in [3.8, 4) is 5.75 Å². The third-order valence-corrected chi connectivity index (χ3v) is 4.61. The molecule has 27 heavy (non-hydrogen) atoms. The van der Waals surface area contributed by atoms with Gasteiger partial charge in [-0.1, -0.05) is 23.7 Å². The van der Waals surface area contributed by atoms with Crippen LogP contribution in [-0.2, 0) is 9.59 Å². The number of benzene rings is 2. The summed E-state index contributed by atoms with van der Waals surface area (Å²) in [6.45, 7) is 3.39. The van der Waals surface area contributed by atoms with Crippen LogP contribution in [0.15, 0.2) is 42.5 Å². The molecule has 0 unspecified atom stereocenters. The van der Waals surface area contributed by atoms with Gasteiger partial charge in [0.05, 0.1) is 17.3 Å². The van der Waals surface area contributed by atoms with Gasteiger partial charge < -0.3 is 15.0 Å². The summed E-state index contributed by atoms with van der Waals surface area (Å²) in [5, 5.41) is 3.11. The fraction of sp³-hybridized carbons (Fsp3) is 0.250. The standard InChI is InChI=1S/C20H19ClN2O4/c1-12(24)14-6-8-15(9-7-14)27-11-10-23-19-16(4-3-5-17(19)21)18(20(23)26)22-13(2)25/h3-9,18H,10-11H2,1-2H3,(H,22,25)/t18-/m0/s1. The van der Waals surface area contributed by atoms with Crippen LogP contribution in [0.5, 0.6) is 5.75 Å². The predicted octanol–water partition coefficient (Wildman–Crippen LogP) is 3.15. The molecule has 6 nitrogen and oxygen atoms in total. The van der Waals surface area contributed by atoms with Gasteiger partial charge in [0.15, 0.2) is 5.78 Å². The van der Waals surface area contributed by atoms with Gasteiger partial charge in [0, 0.05) is 18.1 Å². The van der Waals surface area contributed by atoms with Gasteiger partial charge in [-0.25, -0.2) is 0 Å². The van der Waals surface area contributed by atoms with Gasteiger partial charge in [-0.05, 0) is 37.3 Å². The summed E-state index contributed by atoms with van der Waals surface area (Å²) in [6.07, 6.45) is 0. The molecule has 0 bridgehead atoms. The highest BCUT2D eigenvalue weighted by molar-refractivity contribution is 6.34. The Morgan fingerprint density at radius 2 is 1.85 bits per heavy atom. The number of amides is 2. The Morgan fingerprint density at radius 1 is 1.15 bits per heavy atom. The average Bonchev–Trinajstić information content (AvgIpc) is 2.88. The summed E-state index contributed by atoms with van der Waals surface area (Å²) >= 11 is 6.30. The summed E-state index contributed by atoms with van der Waals surface area (Å²) in [4.78, 5) is 37.1. The van der Waals surface area contributed by atoms with Gasteiger partial charge in [0.1, 0.15) is 18.4 Å². The summed E-state index contributed by atoms with van der Waals surface area (Å²) in [6, 6.07) is 11.3. The first kappa shape index (κ1) is 18.9. The van der Waals surface area contributed by atoms with Gasteiger partial charge in [-0.15, -0.1) is 0 Å². The van der Waals surface area contributed by atoms with Crippen molar-refractivity contribution in [3.05, 3.63) is 58.6 Å². The van der Waals surface area contributed by atoms with E-state index in [4.69, 9.17) is 16.3 Å². The number of hydrogen-bond donors (Lipinski definition) is 1. The Labute approximate surface area is 162 Å². The van der Waals surface area contributed by atoms with Gasteiger partial charge in [0.25, 0.3) is 5.91 Å². The maximum atomic E-state index is 12.8. The average molecular weight is 387 g/mol. The Hall–Kier alpha value is -2.86. The number of halogens is 1. The molecule has 0 fully saturated rings. The number of rotatable bonds is 6. The van der Waals surface area contributed by atoms with E-state index in [0.717, 1.165) is 0 Å². The third kappa shape index (κ3) is 3.95. The topological polar surface area (TPSA) is 75.7 Å². The fourth-order valence-electron chi connectivity index (χ4n) is 3.05. The molecule has 1 heterocycles. The molecular formula is C20H19ClN2O4. The number of Topliss-reactive ketones (excluding diaryl/α,β-unsaturated/α-hetero) is 1. The van der Waals surface area contributed by atoms with Crippen LogP contribution in [0.1, 0.15) is 35.8 Å². The van der Waals surface area contributed by atoms with Crippen LogP contribution in [0.4, 0.5) is 5.69 Å². The molecule has 0 radical (unpaired) electrons. The maximum absolute atomic E-state index is 12.8. The summed E-state index contributed by atoms with van der Waals surface area (Å²) in [7, 11) is 0. The molecule has 0 spiro atoms. The van der Waals surface area contributed by atoms with Gasteiger partial charge >= 0.3 is 0 Å². The van der Waals surface area contributed by atoms with Crippen molar-refractivity contribution < 1.29 is 19.1 Å². The molecule has 7 heteroatoms. The Balaban J connectivity index is 1.72. The summed E-state index contributed by atoms with van der Waals surface area (Å²) in [5.41, 5.74) is 1.88. The largest absolute Gasteiger partial charge is 0.492 e. The van der Waals surface area contributed by atoms with Crippen LogP contribution in [0.2, 0.25) is 5.02 Å². The van der Waals surface area contributed by atoms with Gasteiger partial charge in [-0.3, -0.25) is 14.4 Å². The smallest absolute Gasteiger partial charge is 0.254 e. The number of carbonyl (C=O) groups is 3. The highest BCUT2D eigenvalue weighted by Crippen LogP contribution is 2.40. The Bertz CT molecular complexity index is 895. The van der Waals surface area contributed by atoms with Crippen molar-refractivity contribution in [2.75, 3.05) is 18.1 Å². The highest BCUT2D eigenvalue weighted by Gasteiger charge is 2.38. The molecule has 1 aliphatic heterocycles. The first-order valence-electron chi connectivity index (χ1n) is 8.49. The van der Waals surface area contributed by atoms with Crippen molar-refractivity contribution in [1.29, 1.82) is 0 Å². The number of hydrogen-bond acceptors (Lipinski definition) is 4. The van der Waals surface area contributed by atoms with E-state index in [1.165, 1.54) is 18.7 Å². The number of ketones is 1. The van der Waals surface area contributed by atoms with E-state index in [9.17, 15) is 14.4 Å². The molecule has 140 valence electrons. The van der Waals surface area contributed by atoms with Crippen LogP contribution in [0, 0.1) is 0 Å². The van der Waals surface area contributed by atoms with Crippen LogP contribution < -0.4 is 15.0 Å². The van der Waals surface area contributed by atoms with Crippen LogP contribution in [0.25, 0.3) is 0 Å². The number of anilines is 1. The lowest BCUT2D eigenvalue weighted by molar-refractivity contribution is -0.126. The number of ether oxygens (including phenoxy) is 1. The van der Waals surface area contributed by atoms with E-state index in [2.05, 4.69) is 5.32 Å². The summed E-state index contributed by atoms with van der Waals surface area (Å²) in [5.74, 6) is 0.0516. The molecular weight excluding hydrogens is 368 g/mol. The third-order valence-electron chi connectivity index (χ3n) is 4.30. The van der Waals surface area contributed by atoms with E-state index in [0.29, 0.717) is 27.6 Å². The summed E-state index contributed by atoms with van der Waals surface area (Å²) < 4.78 is 5.69. The van der Waals surface area contributed by atoms with E-state index < -0.39 is 6.04 Å². The second kappa shape index (κ2) is 7.80. The zero-order valence-corrected chi connectivity index (χ0v) is 15.7. The number of carbonyl (C=O) groups excluding carboxylic acids is 3. The molecule has 2 aromatic rings. The first-order valence-corrected chi connectivity index (χ1v) is 8.87. The minimum atomic E-state index is -0.744. The fourth-order valence-corrected chi connectivity index (χ4v) is 3.34. The lowest BCUT2D eigenvalue weighted by atomic mass is 10.1. The number of nitrogens with one attached hydrogen (secondary N) is 1. The lowest BCUT2D eigenvalue weighted by Gasteiger charge is -2.19. The molecule has 0 saturated carbocycles. The van der Waals surface area contributed by atoms with Crippen molar-refractivity contribution in [3.63, 3.8) is 0 Å². The molecule has 3 rings (SSSR count). The molecule has 0 aromatic heterocycles. The van der Waals surface area contributed by atoms with Gasteiger partial charge in [0.2, 0.25) is 5.91 Å². The second-order valence-electron chi connectivity index (χ2n) is 6.23. The quantitative estimate of drug-likeness (QED) is 0.774. The highest BCUT2D eigenvalue weighted by atomic mass is 35.5. The number of nitrogens with zero attached hydrogens (tertiary/aromatic N) is 1. The zero-order chi connectivity index (χ0) is 19.6. The molecule has 2 amide bonds. The van der Waals surface area contributed by atoms with Crippen LogP contribution in [0.3, 0.4) is 0 Å².